The standard InChI is InChI=1S/C12H2F15O/c13-7(14,10(19,20)21)3-1-4(8(15,16)11(22,23)24)6(28)5(2-3)9(17,18)12(25,26)27/h1-2H. The van der Waals surface area contributed by atoms with Gasteiger partial charge in [0.05, 0.1) is 11.1 Å². The first-order valence-corrected chi connectivity index (χ1v) is 6.19. The lowest BCUT2D eigenvalue weighted by Crippen LogP contribution is -2.39. The Balaban J connectivity index is 4.06. The SMILES string of the molecule is [O]c1c(C(F)(F)C(F)(F)F)cc(C(F)(F)C(F)(F)F)cc1C(F)(F)C(F)(F)F. The Morgan fingerprint density at radius 1 is 0.464 bits per heavy atom. The van der Waals surface area contributed by atoms with E-state index in [1.54, 1.807) is 0 Å². The Bertz CT molecular complexity index is 690. The van der Waals surface area contributed by atoms with E-state index in [0.29, 0.717) is 0 Å². The van der Waals surface area contributed by atoms with Crippen LogP contribution in [0.4, 0.5) is 65.9 Å². The molecule has 0 heterocycles. The van der Waals surface area contributed by atoms with Gasteiger partial charge in [-0.3, -0.25) is 5.11 Å². The van der Waals surface area contributed by atoms with Crippen molar-refractivity contribution in [3.05, 3.63) is 28.8 Å². The van der Waals surface area contributed by atoms with Crippen LogP contribution in [-0.2, 0) is 22.9 Å². The fourth-order valence-electron chi connectivity index (χ4n) is 1.75. The average molecular weight is 447 g/mol. The molecule has 1 aromatic carbocycles. The Hall–Kier alpha value is -2.03. The molecule has 0 saturated heterocycles. The van der Waals surface area contributed by atoms with E-state index >= 15 is 0 Å². The lowest BCUT2D eigenvalue weighted by atomic mass is 9.93. The zero-order chi connectivity index (χ0) is 22.7. The molecule has 161 valence electrons. The Kier molecular flexibility index (Phi) is 5.35. The van der Waals surface area contributed by atoms with Gasteiger partial charge >= 0.3 is 36.3 Å². The van der Waals surface area contributed by atoms with Gasteiger partial charge in [-0.25, -0.2) is 0 Å². The van der Waals surface area contributed by atoms with Crippen molar-refractivity contribution in [3.8, 4) is 5.75 Å². The highest BCUT2D eigenvalue weighted by Crippen LogP contribution is 2.55. The molecule has 1 aromatic rings. The van der Waals surface area contributed by atoms with Gasteiger partial charge in [-0.1, -0.05) is 0 Å². The summed E-state index contributed by atoms with van der Waals surface area (Å²) in [4.78, 5) is 0. The van der Waals surface area contributed by atoms with E-state index in [4.69, 9.17) is 0 Å². The van der Waals surface area contributed by atoms with Crippen LogP contribution in [0.5, 0.6) is 5.75 Å². The molecule has 0 bridgehead atoms. The number of hydrogen-bond acceptors (Lipinski definition) is 0. The highest BCUT2D eigenvalue weighted by molar-refractivity contribution is 5.50. The predicted octanol–water partition coefficient (Wildman–Crippen LogP) is 6.79. The van der Waals surface area contributed by atoms with Gasteiger partial charge in [-0.05, 0) is 12.1 Å². The molecule has 0 aliphatic rings. The van der Waals surface area contributed by atoms with Crippen LogP contribution in [-0.4, -0.2) is 18.5 Å². The molecular weight excluding hydrogens is 445 g/mol. The molecule has 0 aliphatic heterocycles. The molecule has 16 heteroatoms. The molecule has 1 radical (unpaired) electrons. The highest BCUT2D eigenvalue weighted by atomic mass is 19.4. The van der Waals surface area contributed by atoms with Crippen LogP contribution in [0.25, 0.3) is 0 Å². The van der Waals surface area contributed by atoms with Crippen molar-refractivity contribution in [2.75, 3.05) is 0 Å². The molecule has 0 amide bonds. The van der Waals surface area contributed by atoms with Crippen molar-refractivity contribution in [1.82, 2.24) is 0 Å². The maximum absolute atomic E-state index is 13.3. The monoisotopic (exact) mass is 447 g/mol. The summed E-state index contributed by atoms with van der Waals surface area (Å²) in [7, 11) is 0. The summed E-state index contributed by atoms with van der Waals surface area (Å²) in [5, 5.41) is 11.4. The Labute approximate surface area is 143 Å². The number of halogens is 15. The number of benzene rings is 1. The first-order chi connectivity index (χ1) is 12.0. The molecule has 1 rings (SSSR count). The molecule has 0 atom stereocenters. The summed E-state index contributed by atoms with van der Waals surface area (Å²) in [5.74, 6) is -23.1. The summed E-state index contributed by atoms with van der Waals surface area (Å²) in [6.45, 7) is 0. The van der Waals surface area contributed by atoms with Crippen LogP contribution < -0.4 is 0 Å². The van der Waals surface area contributed by atoms with Gasteiger partial charge in [-0.2, -0.15) is 65.9 Å². The number of rotatable bonds is 3. The van der Waals surface area contributed by atoms with E-state index in [1.807, 2.05) is 0 Å². The molecule has 28 heavy (non-hydrogen) atoms. The molecule has 0 N–H and O–H groups in total. The maximum Gasteiger partial charge on any atom is 0.458 e. The number of hydrogen-bond donors (Lipinski definition) is 0. The van der Waals surface area contributed by atoms with Gasteiger partial charge in [0.1, 0.15) is 0 Å². The smallest absolute Gasteiger partial charge is 0.289 e. The van der Waals surface area contributed by atoms with E-state index in [0.717, 1.165) is 0 Å². The molecular formula is C12H2F15O. The third-order valence-corrected chi connectivity index (χ3v) is 3.20. The molecule has 0 spiro atoms. The summed E-state index contributed by atoms with van der Waals surface area (Å²) in [6.07, 6.45) is -20.6. The maximum atomic E-state index is 13.3. The second-order valence-electron chi connectivity index (χ2n) is 5.12. The van der Waals surface area contributed by atoms with Gasteiger partial charge in [0.2, 0.25) is 0 Å². The Morgan fingerprint density at radius 3 is 0.929 bits per heavy atom. The molecule has 0 saturated carbocycles. The largest absolute Gasteiger partial charge is 0.458 e. The van der Waals surface area contributed by atoms with Gasteiger partial charge in [0.15, 0.2) is 5.75 Å². The normalized spacial score (nSPS) is 15.1. The summed E-state index contributed by atoms with van der Waals surface area (Å²) >= 11 is 0. The van der Waals surface area contributed by atoms with Crippen molar-refractivity contribution in [3.63, 3.8) is 0 Å². The van der Waals surface area contributed by atoms with Crippen LogP contribution in [0.15, 0.2) is 12.1 Å². The molecule has 0 aliphatic carbocycles. The van der Waals surface area contributed by atoms with Crippen molar-refractivity contribution in [2.24, 2.45) is 0 Å². The fraction of sp³-hybridized carbons (Fsp3) is 0.500. The van der Waals surface area contributed by atoms with E-state index in [2.05, 4.69) is 0 Å². The topological polar surface area (TPSA) is 19.9 Å². The van der Waals surface area contributed by atoms with E-state index in [-0.39, 0.29) is 0 Å². The van der Waals surface area contributed by atoms with Gasteiger partial charge in [0, 0.05) is 5.56 Å². The third-order valence-electron chi connectivity index (χ3n) is 3.20. The zero-order valence-electron chi connectivity index (χ0n) is 12.2. The van der Waals surface area contributed by atoms with Crippen molar-refractivity contribution in [2.45, 2.75) is 36.3 Å². The zero-order valence-corrected chi connectivity index (χ0v) is 12.2. The average Bonchev–Trinajstić information content (AvgIpc) is 2.42. The first-order valence-electron chi connectivity index (χ1n) is 6.19. The molecule has 1 nitrogen and oxygen atoms in total. The quantitative estimate of drug-likeness (QED) is 0.455. The number of alkyl halides is 15. The third kappa shape index (κ3) is 3.64. The van der Waals surface area contributed by atoms with E-state index < -0.39 is 70.9 Å². The highest BCUT2D eigenvalue weighted by Gasteiger charge is 2.66. The van der Waals surface area contributed by atoms with Gasteiger partial charge < -0.3 is 0 Å². The van der Waals surface area contributed by atoms with Crippen LogP contribution in [0, 0.1) is 0 Å². The van der Waals surface area contributed by atoms with Crippen LogP contribution in [0.3, 0.4) is 0 Å². The minimum absolute atomic E-state index is 1.42. The van der Waals surface area contributed by atoms with E-state index in [9.17, 15) is 71.0 Å². The lowest BCUT2D eigenvalue weighted by Gasteiger charge is -2.27. The predicted molar refractivity (Wildman–Crippen MR) is 56.4 cm³/mol. The summed E-state index contributed by atoms with van der Waals surface area (Å²) in [6, 6.07) is -2.83. The van der Waals surface area contributed by atoms with Crippen LogP contribution in [0.2, 0.25) is 0 Å². The minimum atomic E-state index is -6.90. The second-order valence-corrected chi connectivity index (χ2v) is 5.12. The molecule has 0 fully saturated rings. The fourth-order valence-corrected chi connectivity index (χ4v) is 1.75. The van der Waals surface area contributed by atoms with Gasteiger partial charge in [-0.15, -0.1) is 0 Å². The van der Waals surface area contributed by atoms with Crippen LogP contribution in [0.1, 0.15) is 16.7 Å². The molecule has 0 aromatic heterocycles. The Morgan fingerprint density at radius 2 is 0.714 bits per heavy atom. The first kappa shape index (κ1) is 24.0. The van der Waals surface area contributed by atoms with Crippen molar-refractivity contribution < 1.29 is 71.0 Å². The van der Waals surface area contributed by atoms with Crippen molar-refractivity contribution in [1.29, 1.82) is 0 Å². The summed E-state index contributed by atoms with van der Waals surface area (Å²) < 4.78 is 190. The van der Waals surface area contributed by atoms with Crippen LogP contribution >= 0.6 is 0 Å². The van der Waals surface area contributed by atoms with E-state index in [1.165, 1.54) is 0 Å². The van der Waals surface area contributed by atoms with Gasteiger partial charge in [0.25, 0.3) is 0 Å². The second kappa shape index (κ2) is 6.23. The summed E-state index contributed by atoms with van der Waals surface area (Å²) in [5.41, 5.74) is -10.1. The lowest BCUT2D eigenvalue weighted by molar-refractivity contribution is -0.296. The van der Waals surface area contributed by atoms with Crippen molar-refractivity contribution >= 4 is 0 Å². The molecule has 0 unspecified atom stereocenters. The minimum Gasteiger partial charge on any atom is -0.289 e.